The lowest BCUT2D eigenvalue weighted by Crippen LogP contribution is -1.92. The van der Waals surface area contributed by atoms with Crippen molar-refractivity contribution in [2.24, 2.45) is 0 Å². The number of hydrogen-bond donors (Lipinski definition) is 1. The molecule has 5 nitrogen and oxygen atoms in total. The second-order valence-electron chi connectivity index (χ2n) is 5.82. The Labute approximate surface area is 166 Å². The van der Waals surface area contributed by atoms with Gasteiger partial charge in [-0.2, -0.15) is 0 Å². The molecule has 3 heterocycles. The average molecular weight is 431 g/mol. The zero-order valence-corrected chi connectivity index (χ0v) is 17.2. The second-order valence-corrected chi connectivity index (χ2v) is 6.68. The summed E-state index contributed by atoms with van der Waals surface area (Å²) in [5.74, 6) is 0.835. The Bertz CT molecular complexity index is 1040. The van der Waals surface area contributed by atoms with Crippen molar-refractivity contribution in [1.29, 1.82) is 0 Å². The summed E-state index contributed by atoms with van der Waals surface area (Å²) >= 11 is 1.58. The van der Waals surface area contributed by atoms with Crippen molar-refractivity contribution >= 4 is 44.8 Å². The number of imidazole rings is 1. The zero-order valence-electron chi connectivity index (χ0n) is 14.7. The molecule has 0 fully saturated rings. The van der Waals surface area contributed by atoms with E-state index in [1.165, 1.54) is 0 Å². The number of aromatic nitrogens is 3. The molecule has 4 aromatic rings. The number of rotatable bonds is 4. The van der Waals surface area contributed by atoms with Crippen LogP contribution in [0, 0.1) is 13.8 Å². The van der Waals surface area contributed by atoms with E-state index in [0.717, 1.165) is 44.9 Å². The van der Waals surface area contributed by atoms with E-state index in [2.05, 4.69) is 28.1 Å². The summed E-state index contributed by atoms with van der Waals surface area (Å²) in [5, 5.41) is 6.25. The zero-order chi connectivity index (χ0) is 17.4. The highest BCUT2D eigenvalue weighted by molar-refractivity contribution is 8.93. The fourth-order valence-corrected chi connectivity index (χ4v) is 3.58. The van der Waals surface area contributed by atoms with Crippen LogP contribution in [-0.2, 0) is 0 Å². The molecule has 1 N–H and O–H groups in total. The van der Waals surface area contributed by atoms with E-state index in [1.807, 2.05) is 43.5 Å². The number of aryl methyl sites for hydroxylation is 2. The van der Waals surface area contributed by atoms with Crippen LogP contribution < -0.4 is 10.1 Å². The Morgan fingerprint density at radius 3 is 2.58 bits per heavy atom. The van der Waals surface area contributed by atoms with Gasteiger partial charge >= 0.3 is 0 Å². The van der Waals surface area contributed by atoms with E-state index in [4.69, 9.17) is 14.7 Å². The average Bonchev–Trinajstić information content (AvgIpc) is 3.20. The molecule has 0 spiro atoms. The van der Waals surface area contributed by atoms with Crippen molar-refractivity contribution in [3.05, 3.63) is 59.2 Å². The summed E-state index contributed by atoms with van der Waals surface area (Å²) < 4.78 is 7.29. The molecule has 0 unspecified atom stereocenters. The predicted molar refractivity (Wildman–Crippen MR) is 112 cm³/mol. The molecule has 0 atom stereocenters. The van der Waals surface area contributed by atoms with Crippen LogP contribution in [0.4, 0.5) is 10.8 Å². The first kappa shape index (κ1) is 18.4. The van der Waals surface area contributed by atoms with Crippen LogP contribution in [0.25, 0.3) is 17.0 Å². The van der Waals surface area contributed by atoms with Crippen LogP contribution in [0.2, 0.25) is 0 Å². The van der Waals surface area contributed by atoms with Crippen molar-refractivity contribution in [3.8, 4) is 17.1 Å². The number of halogens is 1. The molecule has 7 heteroatoms. The molecular formula is C19H19BrN4OS. The molecule has 4 rings (SSSR count). The quantitative estimate of drug-likeness (QED) is 0.470. The Morgan fingerprint density at radius 1 is 1.08 bits per heavy atom. The number of pyridine rings is 1. The summed E-state index contributed by atoms with van der Waals surface area (Å²) in [6.45, 7) is 4.10. The number of hydrogen-bond acceptors (Lipinski definition) is 5. The van der Waals surface area contributed by atoms with Gasteiger partial charge in [0.25, 0.3) is 0 Å². The van der Waals surface area contributed by atoms with Crippen molar-refractivity contribution in [2.75, 3.05) is 12.4 Å². The van der Waals surface area contributed by atoms with Gasteiger partial charge in [-0.25, -0.2) is 9.97 Å². The fraction of sp³-hybridized carbons (Fsp3) is 0.158. The molecule has 134 valence electrons. The van der Waals surface area contributed by atoms with Crippen LogP contribution in [0.3, 0.4) is 0 Å². The lowest BCUT2D eigenvalue weighted by molar-refractivity contribution is 0.415. The maximum atomic E-state index is 5.19. The first-order chi connectivity index (χ1) is 12.2. The SMILES string of the molecule is Br.COc1ccc(Nc2nc(-c3c(C)nc4c(C)cccn34)cs2)cc1. The molecular weight excluding hydrogens is 412 g/mol. The first-order valence-corrected chi connectivity index (χ1v) is 8.85. The van der Waals surface area contributed by atoms with Crippen molar-refractivity contribution in [1.82, 2.24) is 14.4 Å². The minimum Gasteiger partial charge on any atom is -0.497 e. The van der Waals surface area contributed by atoms with Gasteiger partial charge in [-0.3, -0.25) is 4.40 Å². The number of ether oxygens (including phenoxy) is 1. The van der Waals surface area contributed by atoms with E-state index in [-0.39, 0.29) is 17.0 Å². The standard InChI is InChI=1S/C19H18N4OS.BrH/c1-12-5-4-10-23-17(13(2)20-18(12)23)16-11-25-19(22-16)21-14-6-8-15(24-3)9-7-14;/h4-11H,1-3H3,(H,21,22);1H. The van der Waals surface area contributed by atoms with Crippen LogP contribution in [0.1, 0.15) is 11.3 Å². The lowest BCUT2D eigenvalue weighted by atomic mass is 10.2. The molecule has 1 aromatic carbocycles. The number of nitrogens with zero attached hydrogens (tertiary/aromatic N) is 3. The van der Waals surface area contributed by atoms with Crippen LogP contribution in [0.15, 0.2) is 48.0 Å². The van der Waals surface area contributed by atoms with Crippen molar-refractivity contribution in [2.45, 2.75) is 13.8 Å². The highest BCUT2D eigenvalue weighted by Crippen LogP contribution is 2.30. The summed E-state index contributed by atoms with van der Waals surface area (Å²) in [5.41, 5.74) is 6.06. The molecule has 0 aliphatic heterocycles. The van der Waals surface area contributed by atoms with Crippen LogP contribution >= 0.6 is 28.3 Å². The smallest absolute Gasteiger partial charge is 0.187 e. The van der Waals surface area contributed by atoms with Gasteiger partial charge in [0, 0.05) is 17.3 Å². The van der Waals surface area contributed by atoms with Gasteiger partial charge in [0.15, 0.2) is 5.13 Å². The molecule has 26 heavy (non-hydrogen) atoms. The highest BCUT2D eigenvalue weighted by Gasteiger charge is 2.15. The number of fused-ring (bicyclic) bond motifs is 1. The van der Waals surface area contributed by atoms with Crippen LogP contribution in [0.5, 0.6) is 5.75 Å². The fourth-order valence-electron chi connectivity index (χ4n) is 2.86. The second kappa shape index (κ2) is 7.47. The normalized spacial score (nSPS) is 10.6. The van der Waals surface area contributed by atoms with E-state index in [1.54, 1.807) is 18.4 Å². The number of nitrogens with one attached hydrogen (secondary N) is 1. The van der Waals surface area contributed by atoms with Crippen molar-refractivity contribution < 1.29 is 4.74 Å². The number of benzene rings is 1. The van der Waals surface area contributed by atoms with Crippen molar-refractivity contribution in [3.63, 3.8) is 0 Å². The van der Waals surface area contributed by atoms with Gasteiger partial charge in [0.2, 0.25) is 0 Å². The topological polar surface area (TPSA) is 51.5 Å². The maximum absolute atomic E-state index is 5.19. The minimum absolute atomic E-state index is 0. The van der Waals surface area contributed by atoms with E-state index in [9.17, 15) is 0 Å². The molecule has 0 bridgehead atoms. The number of thiazole rings is 1. The van der Waals surface area contributed by atoms with Gasteiger partial charge in [-0.15, -0.1) is 28.3 Å². The Hall–Kier alpha value is -2.38. The summed E-state index contributed by atoms with van der Waals surface area (Å²) in [7, 11) is 1.66. The summed E-state index contributed by atoms with van der Waals surface area (Å²) in [4.78, 5) is 9.44. The Morgan fingerprint density at radius 2 is 1.85 bits per heavy atom. The van der Waals surface area contributed by atoms with Gasteiger partial charge in [0.1, 0.15) is 17.1 Å². The Kier molecular flexibility index (Phi) is 5.29. The summed E-state index contributed by atoms with van der Waals surface area (Å²) in [6, 6.07) is 11.9. The third kappa shape index (κ3) is 3.32. The van der Waals surface area contributed by atoms with E-state index in [0.29, 0.717) is 0 Å². The molecule has 0 saturated heterocycles. The summed E-state index contributed by atoms with van der Waals surface area (Å²) in [6.07, 6.45) is 2.04. The van der Waals surface area contributed by atoms with E-state index >= 15 is 0 Å². The predicted octanol–water partition coefficient (Wildman–Crippen LogP) is 5.40. The first-order valence-electron chi connectivity index (χ1n) is 7.97. The molecule has 0 amide bonds. The number of methoxy groups -OCH3 is 1. The molecule has 3 aromatic heterocycles. The number of anilines is 2. The monoisotopic (exact) mass is 430 g/mol. The van der Waals surface area contributed by atoms with Gasteiger partial charge in [-0.05, 0) is 49.7 Å². The minimum atomic E-state index is 0. The van der Waals surface area contributed by atoms with Gasteiger partial charge in [0.05, 0.1) is 18.5 Å². The van der Waals surface area contributed by atoms with E-state index < -0.39 is 0 Å². The largest absolute Gasteiger partial charge is 0.497 e. The molecule has 0 radical (unpaired) electrons. The third-order valence-electron chi connectivity index (χ3n) is 4.11. The maximum Gasteiger partial charge on any atom is 0.187 e. The molecule has 0 aliphatic carbocycles. The molecule has 0 saturated carbocycles. The van der Waals surface area contributed by atoms with Gasteiger partial charge < -0.3 is 10.1 Å². The van der Waals surface area contributed by atoms with Crippen LogP contribution in [-0.4, -0.2) is 21.5 Å². The third-order valence-corrected chi connectivity index (χ3v) is 4.87. The highest BCUT2D eigenvalue weighted by atomic mass is 79.9. The lowest BCUT2D eigenvalue weighted by Gasteiger charge is -2.04. The Balaban J connectivity index is 0.00000196. The van der Waals surface area contributed by atoms with Gasteiger partial charge in [-0.1, -0.05) is 6.07 Å². The molecule has 0 aliphatic rings.